The average molecular weight is 383 g/mol. The normalized spacial score (nSPS) is 22.1. The summed E-state index contributed by atoms with van der Waals surface area (Å²) in [6, 6.07) is -1.92. The Morgan fingerprint density at radius 3 is 1.92 bits per heavy atom. The zero-order valence-electron chi connectivity index (χ0n) is 14.1. The second-order valence-electron chi connectivity index (χ2n) is 5.86. The highest BCUT2D eigenvalue weighted by Crippen LogP contribution is 2.24. The van der Waals surface area contributed by atoms with E-state index in [1.165, 1.54) is 0 Å². The van der Waals surface area contributed by atoms with Crippen LogP contribution in [-0.2, 0) is 14.4 Å². The molecular weight excluding hydrogens is 358 g/mol. The number of carbonyl (C=O) groups excluding carboxylic acids is 3. The van der Waals surface area contributed by atoms with Gasteiger partial charge in [-0.25, -0.2) is 0 Å². The van der Waals surface area contributed by atoms with Gasteiger partial charge >= 0.3 is 0 Å². The van der Waals surface area contributed by atoms with E-state index in [2.05, 4.69) is 0 Å². The van der Waals surface area contributed by atoms with Crippen LogP contribution in [0.25, 0.3) is 0 Å². The van der Waals surface area contributed by atoms with Gasteiger partial charge in [0.15, 0.2) is 5.60 Å². The molecule has 9 N–H and O–H groups in total. The minimum atomic E-state index is -3.42. The van der Waals surface area contributed by atoms with Gasteiger partial charge in [-0.05, 0) is 6.92 Å². The maximum Gasteiger partial charge on any atom is 0.217 e. The van der Waals surface area contributed by atoms with Crippen LogP contribution in [0.15, 0.2) is 0 Å². The van der Waals surface area contributed by atoms with E-state index in [4.69, 9.17) is 5.11 Å². The standard InChI is InChI=1S/C14H25NO11/c1-5(18)9(21)10(22)11(23)13(25)14(26,8(20)4-17)12(24)7(3-16)15-6(2)19/h3,5,7-12,17-18,20-24,26H,4H2,1-2H3,(H,15,19)/t5-,7+,8-,9-,10+,11-,12-,14-/m1/s1. The Morgan fingerprint density at radius 2 is 1.58 bits per heavy atom. The topological polar surface area (TPSA) is 225 Å². The lowest BCUT2D eigenvalue weighted by Crippen LogP contribution is -2.69. The van der Waals surface area contributed by atoms with Crippen molar-refractivity contribution >= 4 is 18.0 Å². The van der Waals surface area contributed by atoms with Crippen LogP contribution in [-0.4, -0.2) is 114 Å². The van der Waals surface area contributed by atoms with Crippen molar-refractivity contribution in [1.82, 2.24) is 5.32 Å². The third-order valence-electron chi connectivity index (χ3n) is 3.82. The molecule has 12 nitrogen and oxygen atoms in total. The summed E-state index contributed by atoms with van der Waals surface area (Å²) >= 11 is 0. The average Bonchev–Trinajstić information content (AvgIpc) is 2.60. The number of aldehydes is 1. The number of hydrogen-bond donors (Lipinski definition) is 9. The monoisotopic (exact) mass is 383 g/mol. The fourth-order valence-corrected chi connectivity index (χ4v) is 2.21. The summed E-state index contributed by atoms with van der Waals surface area (Å²) in [6.45, 7) is 0.658. The largest absolute Gasteiger partial charge is 0.394 e. The molecule has 0 saturated heterocycles. The van der Waals surface area contributed by atoms with Crippen molar-refractivity contribution in [3.05, 3.63) is 0 Å². The molecule has 0 aromatic carbocycles. The summed E-state index contributed by atoms with van der Waals surface area (Å²) in [5.74, 6) is -2.71. The van der Waals surface area contributed by atoms with E-state index in [1.807, 2.05) is 5.32 Å². The predicted octanol–water partition coefficient (Wildman–Crippen LogP) is -5.83. The second-order valence-corrected chi connectivity index (χ2v) is 5.86. The highest BCUT2D eigenvalue weighted by atomic mass is 16.4. The Kier molecular flexibility index (Phi) is 9.41. The molecule has 152 valence electrons. The van der Waals surface area contributed by atoms with Gasteiger partial charge in [-0.2, -0.15) is 0 Å². The first-order chi connectivity index (χ1) is 11.9. The number of aliphatic hydroxyl groups is 8. The maximum absolute atomic E-state index is 12.4. The molecule has 0 spiro atoms. The van der Waals surface area contributed by atoms with E-state index in [0.717, 1.165) is 13.8 Å². The number of hydrogen-bond acceptors (Lipinski definition) is 11. The third kappa shape index (κ3) is 5.25. The van der Waals surface area contributed by atoms with Crippen molar-refractivity contribution in [1.29, 1.82) is 0 Å². The van der Waals surface area contributed by atoms with Gasteiger partial charge in [-0.15, -0.1) is 0 Å². The molecule has 0 bridgehead atoms. The molecule has 12 heteroatoms. The van der Waals surface area contributed by atoms with Crippen LogP contribution in [0.1, 0.15) is 13.8 Å². The number of ketones is 1. The second kappa shape index (κ2) is 9.99. The minimum Gasteiger partial charge on any atom is -0.394 e. The van der Waals surface area contributed by atoms with E-state index in [9.17, 15) is 50.1 Å². The van der Waals surface area contributed by atoms with Crippen LogP contribution in [0.4, 0.5) is 0 Å². The number of nitrogens with one attached hydrogen (secondary N) is 1. The maximum atomic E-state index is 12.4. The number of amides is 1. The molecule has 0 fully saturated rings. The first kappa shape index (κ1) is 24.5. The first-order valence-corrected chi connectivity index (χ1v) is 7.54. The number of rotatable bonds is 11. The first-order valence-electron chi connectivity index (χ1n) is 7.54. The summed E-state index contributed by atoms with van der Waals surface area (Å²) in [5.41, 5.74) is -3.42. The molecular formula is C14H25NO11. The Labute approximate surface area is 148 Å². The zero-order valence-corrected chi connectivity index (χ0v) is 14.1. The van der Waals surface area contributed by atoms with Gasteiger partial charge in [0.2, 0.25) is 11.7 Å². The van der Waals surface area contributed by atoms with Crippen molar-refractivity contribution in [3.8, 4) is 0 Å². The van der Waals surface area contributed by atoms with Crippen molar-refractivity contribution in [2.24, 2.45) is 0 Å². The fourth-order valence-electron chi connectivity index (χ4n) is 2.21. The summed E-state index contributed by atoms with van der Waals surface area (Å²) < 4.78 is 0. The highest BCUT2D eigenvalue weighted by Gasteiger charge is 2.55. The number of carbonyl (C=O) groups is 3. The SMILES string of the molecule is CC(=O)N[C@@H](C=O)[C@@H](O)[C@@](O)(C(=O)[C@H](O)[C@@H](O)[C@H](O)[C@@H](C)O)[C@H](O)CO. The Balaban J connectivity index is 5.87. The molecule has 0 aliphatic heterocycles. The van der Waals surface area contributed by atoms with Gasteiger partial charge < -0.3 is 51.0 Å². The fraction of sp³-hybridized carbons (Fsp3) is 0.786. The molecule has 0 aromatic heterocycles. The van der Waals surface area contributed by atoms with E-state index < -0.39 is 66.6 Å². The highest BCUT2D eigenvalue weighted by molar-refractivity contribution is 5.93. The summed E-state index contributed by atoms with van der Waals surface area (Å²) in [7, 11) is 0. The molecule has 0 aliphatic carbocycles. The lowest BCUT2D eigenvalue weighted by atomic mass is 9.79. The summed E-state index contributed by atoms with van der Waals surface area (Å²) in [6.07, 6.45) is -13.7. The van der Waals surface area contributed by atoms with Crippen molar-refractivity contribution in [2.45, 2.75) is 62.1 Å². The van der Waals surface area contributed by atoms with E-state index in [0.29, 0.717) is 0 Å². The van der Waals surface area contributed by atoms with E-state index in [-0.39, 0.29) is 6.29 Å². The molecule has 0 aromatic rings. The number of Topliss-reactive ketones (excluding diaryl/α,β-unsaturated/α-hetero) is 1. The molecule has 8 atom stereocenters. The van der Waals surface area contributed by atoms with Gasteiger partial charge in [0, 0.05) is 6.92 Å². The van der Waals surface area contributed by atoms with Gasteiger partial charge in [-0.1, -0.05) is 0 Å². The van der Waals surface area contributed by atoms with Crippen LogP contribution in [0.2, 0.25) is 0 Å². The Hall–Kier alpha value is -1.51. The van der Waals surface area contributed by atoms with Crippen LogP contribution in [0.5, 0.6) is 0 Å². The van der Waals surface area contributed by atoms with Crippen LogP contribution >= 0.6 is 0 Å². The molecule has 0 radical (unpaired) electrons. The molecule has 26 heavy (non-hydrogen) atoms. The third-order valence-corrected chi connectivity index (χ3v) is 3.82. The molecule has 1 amide bonds. The lowest BCUT2D eigenvalue weighted by Gasteiger charge is -2.39. The molecule has 0 unspecified atom stereocenters. The molecule has 0 heterocycles. The van der Waals surface area contributed by atoms with Gasteiger partial charge in [0.05, 0.1) is 12.7 Å². The van der Waals surface area contributed by atoms with Crippen LogP contribution < -0.4 is 5.32 Å². The molecule has 0 aliphatic rings. The van der Waals surface area contributed by atoms with Crippen LogP contribution in [0.3, 0.4) is 0 Å². The number of aliphatic hydroxyl groups excluding tert-OH is 7. The Morgan fingerprint density at radius 1 is 1.08 bits per heavy atom. The quantitative estimate of drug-likeness (QED) is 0.153. The summed E-state index contributed by atoms with van der Waals surface area (Å²) in [4.78, 5) is 34.5. The minimum absolute atomic E-state index is 0.0676. The smallest absolute Gasteiger partial charge is 0.217 e. The zero-order chi connectivity index (χ0) is 20.8. The van der Waals surface area contributed by atoms with Crippen molar-refractivity contribution in [3.63, 3.8) is 0 Å². The summed E-state index contributed by atoms with van der Waals surface area (Å²) in [5, 5.41) is 79.5. The van der Waals surface area contributed by atoms with Gasteiger partial charge in [-0.3, -0.25) is 9.59 Å². The predicted molar refractivity (Wildman–Crippen MR) is 82.4 cm³/mol. The van der Waals surface area contributed by atoms with Crippen LogP contribution in [0, 0.1) is 0 Å². The van der Waals surface area contributed by atoms with Crippen molar-refractivity contribution < 1.29 is 55.2 Å². The molecule has 0 rings (SSSR count). The van der Waals surface area contributed by atoms with Gasteiger partial charge in [0.1, 0.15) is 42.8 Å². The Bertz CT molecular complexity index is 499. The van der Waals surface area contributed by atoms with Gasteiger partial charge in [0.25, 0.3) is 0 Å². The van der Waals surface area contributed by atoms with Crippen molar-refractivity contribution in [2.75, 3.05) is 6.61 Å². The van der Waals surface area contributed by atoms with E-state index >= 15 is 0 Å². The molecule has 0 saturated carbocycles. The lowest BCUT2D eigenvalue weighted by molar-refractivity contribution is -0.196. The van der Waals surface area contributed by atoms with E-state index in [1.54, 1.807) is 0 Å².